The molecule has 3 atom stereocenters. The van der Waals surface area contributed by atoms with Crippen molar-refractivity contribution in [2.45, 2.75) is 78.3 Å². The molecule has 0 aromatic carbocycles. The van der Waals surface area contributed by atoms with Crippen molar-refractivity contribution in [2.24, 2.45) is 23.0 Å². The Hall–Kier alpha value is -0.0800. The minimum atomic E-state index is 0.326. The average Bonchev–Trinajstić information content (AvgIpc) is 2.58. The lowest BCUT2D eigenvalue weighted by molar-refractivity contribution is 0.0690. The first-order chi connectivity index (χ1) is 8.92. The van der Waals surface area contributed by atoms with Crippen molar-refractivity contribution in [1.82, 2.24) is 4.90 Å². The van der Waals surface area contributed by atoms with E-state index >= 15 is 0 Å². The van der Waals surface area contributed by atoms with Crippen LogP contribution in [0.4, 0.5) is 0 Å². The summed E-state index contributed by atoms with van der Waals surface area (Å²) in [5.41, 5.74) is 6.92. The second-order valence-corrected chi connectivity index (χ2v) is 7.94. The highest BCUT2D eigenvalue weighted by Crippen LogP contribution is 2.37. The van der Waals surface area contributed by atoms with Gasteiger partial charge in [-0.15, -0.1) is 0 Å². The first-order valence-electron chi connectivity index (χ1n) is 8.41. The number of nitrogens with two attached hydrogens (primary N) is 1. The maximum atomic E-state index is 6.59. The van der Waals surface area contributed by atoms with Gasteiger partial charge in [-0.05, 0) is 62.4 Å². The molecule has 2 nitrogen and oxygen atoms in total. The predicted molar refractivity (Wildman–Crippen MR) is 83.1 cm³/mol. The second kappa shape index (κ2) is 6.13. The molecule has 1 heterocycles. The van der Waals surface area contributed by atoms with Gasteiger partial charge in [0.1, 0.15) is 0 Å². The highest BCUT2D eigenvalue weighted by Gasteiger charge is 2.39. The van der Waals surface area contributed by atoms with E-state index in [-0.39, 0.29) is 0 Å². The zero-order chi connectivity index (χ0) is 14.0. The molecule has 0 aromatic heterocycles. The zero-order valence-corrected chi connectivity index (χ0v) is 13.5. The van der Waals surface area contributed by atoms with Crippen LogP contribution < -0.4 is 5.73 Å². The van der Waals surface area contributed by atoms with Crippen LogP contribution in [0.25, 0.3) is 0 Å². The van der Waals surface area contributed by atoms with Gasteiger partial charge in [0.15, 0.2) is 0 Å². The summed E-state index contributed by atoms with van der Waals surface area (Å²) in [6, 6.07) is 0.992. The van der Waals surface area contributed by atoms with Crippen LogP contribution >= 0.6 is 0 Å². The normalized spacial score (nSPS) is 37.3. The van der Waals surface area contributed by atoms with Crippen molar-refractivity contribution >= 4 is 0 Å². The van der Waals surface area contributed by atoms with E-state index in [0.717, 1.165) is 11.8 Å². The fourth-order valence-corrected chi connectivity index (χ4v) is 4.19. The SMILES string of the molecule is CC(C)C1CCCN(C2CCCC(C)(C)C2N)CC1. The molecule has 2 heteroatoms. The Labute approximate surface area is 120 Å². The molecular formula is C17H34N2. The van der Waals surface area contributed by atoms with Crippen molar-refractivity contribution in [3.8, 4) is 0 Å². The Morgan fingerprint density at radius 1 is 1.05 bits per heavy atom. The third-order valence-corrected chi connectivity index (χ3v) is 5.86. The van der Waals surface area contributed by atoms with E-state index in [2.05, 4.69) is 32.6 Å². The molecule has 0 spiro atoms. The fraction of sp³-hybridized carbons (Fsp3) is 1.00. The van der Waals surface area contributed by atoms with Gasteiger partial charge in [0.05, 0.1) is 0 Å². The highest BCUT2D eigenvalue weighted by molar-refractivity contribution is 4.96. The Morgan fingerprint density at radius 2 is 1.79 bits per heavy atom. The quantitative estimate of drug-likeness (QED) is 0.826. The topological polar surface area (TPSA) is 29.3 Å². The first-order valence-corrected chi connectivity index (χ1v) is 8.41. The van der Waals surface area contributed by atoms with E-state index in [1.165, 1.54) is 51.6 Å². The Bertz CT molecular complexity index is 285. The summed E-state index contributed by atoms with van der Waals surface area (Å²) >= 11 is 0. The lowest BCUT2D eigenvalue weighted by atomic mass is 9.70. The standard InChI is InChI=1S/C17H34N2/c1-13(2)14-7-6-11-19(12-9-14)15-8-5-10-17(3,4)16(15)18/h13-16H,5-12,18H2,1-4H3. The molecule has 19 heavy (non-hydrogen) atoms. The van der Waals surface area contributed by atoms with E-state index in [4.69, 9.17) is 5.73 Å². The number of nitrogens with zero attached hydrogens (tertiary/aromatic N) is 1. The van der Waals surface area contributed by atoms with Gasteiger partial charge < -0.3 is 5.73 Å². The van der Waals surface area contributed by atoms with Crippen LogP contribution in [0.5, 0.6) is 0 Å². The van der Waals surface area contributed by atoms with Gasteiger partial charge in [-0.2, -0.15) is 0 Å². The van der Waals surface area contributed by atoms with E-state index in [0.29, 0.717) is 17.5 Å². The average molecular weight is 266 g/mol. The van der Waals surface area contributed by atoms with Crippen molar-refractivity contribution in [3.05, 3.63) is 0 Å². The molecule has 2 rings (SSSR count). The molecule has 0 aromatic rings. The highest BCUT2D eigenvalue weighted by atomic mass is 15.2. The molecule has 0 amide bonds. The zero-order valence-electron chi connectivity index (χ0n) is 13.5. The van der Waals surface area contributed by atoms with Crippen LogP contribution in [0.15, 0.2) is 0 Å². The van der Waals surface area contributed by atoms with Crippen LogP contribution in [0, 0.1) is 17.3 Å². The number of hydrogen-bond acceptors (Lipinski definition) is 2. The Balaban J connectivity index is 1.98. The van der Waals surface area contributed by atoms with Crippen LogP contribution in [0.3, 0.4) is 0 Å². The van der Waals surface area contributed by atoms with Crippen molar-refractivity contribution < 1.29 is 0 Å². The molecule has 1 saturated heterocycles. The van der Waals surface area contributed by atoms with Gasteiger partial charge in [0, 0.05) is 12.1 Å². The summed E-state index contributed by atoms with van der Waals surface area (Å²) in [6.07, 6.45) is 8.13. The van der Waals surface area contributed by atoms with Gasteiger partial charge in [0.2, 0.25) is 0 Å². The van der Waals surface area contributed by atoms with E-state index in [1.807, 2.05) is 0 Å². The molecule has 0 bridgehead atoms. The molecule has 2 N–H and O–H groups in total. The van der Waals surface area contributed by atoms with Gasteiger partial charge in [-0.3, -0.25) is 4.90 Å². The molecule has 0 radical (unpaired) electrons. The summed E-state index contributed by atoms with van der Waals surface area (Å²) in [5, 5.41) is 0. The van der Waals surface area contributed by atoms with Gasteiger partial charge in [0.25, 0.3) is 0 Å². The van der Waals surface area contributed by atoms with E-state index < -0.39 is 0 Å². The lowest BCUT2D eigenvalue weighted by Crippen LogP contribution is -2.57. The number of likely N-dealkylation sites (tertiary alicyclic amines) is 1. The van der Waals surface area contributed by atoms with Gasteiger partial charge in [-0.25, -0.2) is 0 Å². The lowest BCUT2D eigenvalue weighted by Gasteiger charge is -2.46. The first kappa shape index (κ1) is 15.3. The summed E-state index contributed by atoms with van der Waals surface area (Å²) in [6.45, 7) is 12.0. The van der Waals surface area contributed by atoms with Gasteiger partial charge in [-0.1, -0.05) is 34.1 Å². The molecule has 3 unspecified atom stereocenters. The van der Waals surface area contributed by atoms with Crippen molar-refractivity contribution in [2.75, 3.05) is 13.1 Å². The number of hydrogen-bond donors (Lipinski definition) is 1. The maximum absolute atomic E-state index is 6.59. The minimum absolute atomic E-state index is 0.326. The third kappa shape index (κ3) is 3.52. The smallest absolute Gasteiger partial charge is 0.0252 e. The van der Waals surface area contributed by atoms with E-state index in [9.17, 15) is 0 Å². The molecule has 2 aliphatic rings. The molecule has 2 fully saturated rings. The van der Waals surface area contributed by atoms with E-state index in [1.54, 1.807) is 0 Å². The summed E-state index contributed by atoms with van der Waals surface area (Å²) in [4.78, 5) is 2.73. The predicted octanol–water partition coefficient (Wildman–Crippen LogP) is 3.65. The van der Waals surface area contributed by atoms with Crippen LogP contribution in [-0.2, 0) is 0 Å². The Morgan fingerprint density at radius 3 is 2.47 bits per heavy atom. The van der Waals surface area contributed by atoms with Gasteiger partial charge >= 0.3 is 0 Å². The van der Waals surface area contributed by atoms with Crippen LogP contribution in [0.2, 0.25) is 0 Å². The Kier molecular flexibility index (Phi) is 4.94. The third-order valence-electron chi connectivity index (χ3n) is 5.86. The molecule has 112 valence electrons. The monoisotopic (exact) mass is 266 g/mol. The molecular weight excluding hydrogens is 232 g/mol. The summed E-state index contributed by atoms with van der Waals surface area (Å²) in [5.74, 6) is 1.77. The largest absolute Gasteiger partial charge is 0.326 e. The van der Waals surface area contributed by atoms with Crippen molar-refractivity contribution in [3.63, 3.8) is 0 Å². The number of rotatable bonds is 2. The van der Waals surface area contributed by atoms with Crippen LogP contribution in [0.1, 0.15) is 66.2 Å². The van der Waals surface area contributed by atoms with Crippen molar-refractivity contribution in [1.29, 1.82) is 0 Å². The van der Waals surface area contributed by atoms with Crippen LogP contribution in [-0.4, -0.2) is 30.1 Å². The molecule has 1 aliphatic carbocycles. The second-order valence-electron chi connectivity index (χ2n) is 7.94. The molecule has 1 aliphatic heterocycles. The summed E-state index contributed by atoms with van der Waals surface area (Å²) < 4.78 is 0. The minimum Gasteiger partial charge on any atom is -0.326 e. The molecule has 1 saturated carbocycles. The summed E-state index contributed by atoms with van der Waals surface area (Å²) in [7, 11) is 0. The maximum Gasteiger partial charge on any atom is 0.0252 e. The fourth-order valence-electron chi connectivity index (χ4n) is 4.19.